The van der Waals surface area contributed by atoms with E-state index in [-0.39, 0.29) is 29.7 Å². The number of nitrogens with zero attached hydrogens (tertiary/aromatic N) is 2. The van der Waals surface area contributed by atoms with Gasteiger partial charge in [0, 0.05) is 37.9 Å². The zero-order valence-corrected chi connectivity index (χ0v) is 17.0. The Hall–Kier alpha value is -2.93. The minimum atomic E-state index is -0.260. The summed E-state index contributed by atoms with van der Waals surface area (Å²) >= 11 is 0. The molecule has 0 radical (unpaired) electrons. The van der Waals surface area contributed by atoms with E-state index in [1.54, 1.807) is 6.07 Å². The number of anilines is 1. The number of carbonyl (C=O) groups is 2. The molecule has 1 atom stereocenters. The molecule has 2 fully saturated rings. The summed E-state index contributed by atoms with van der Waals surface area (Å²) in [5.41, 5.74) is 8.40. The van der Waals surface area contributed by atoms with Gasteiger partial charge >= 0.3 is 0 Å². The van der Waals surface area contributed by atoms with Crippen LogP contribution in [0.15, 0.2) is 42.5 Å². The van der Waals surface area contributed by atoms with Crippen LogP contribution in [0.3, 0.4) is 0 Å². The highest BCUT2D eigenvalue weighted by Crippen LogP contribution is 2.29. The van der Waals surface area contributed by atoms with Crippen molar-refractivity contribution in [2.24, 2.45) is 0 Å². The van der Waals surface area contributed by atoms with E-state index in [9.17, 15) is 9.59 Å². The van der Waals surface area contributed by atoms with Gasteiger partial charge in [0.2, 0.25) is 0 Å². The van der Waals surface area contributed by atoms with Gasteiger partial charge in [-0.05, 0) is 43.4 Å². The maximum absolute atomic E-state index is 12.5. The van der Waals surface area contributed by atoms with E-state index in [0.29, 0.717) is 31.8 Å². The summed E-state index contributed by atoms with van der Waals surface area (Å²) in [4.78, 5) is 31.4. The van der Waals surface area contributed by atoms with Crippen LogP contribution < -0.4 is 11.1 Å². The Morgan fingerprint density at radius 1 is 1.10 bits per heavy atom. The molecule has 4 rings (SSSR count). The van der Waals surface area contributed by atoms with Gasteiger partial charge in [-0.25, -0.2) is 4.98 Å². The van der Waals surface area contributed by atoms with Crippen molar-refractivity contribution in [2.45, 2.75) is 44.2 Å². The van der Waals surface area contributed by atoms with Crippen molar-refractivity contribution in [2.75, 3.05) is 25.4 Å². The van der Waals surface area contributed by atoms with Crippen molar-refractivity contribution in [3.05, 3.63) is 59.3 Å². The van der Waals surface area contributed by atoms with Crippen molar-refractivity contribution in [3.8, 4) is 0 Å². The standard InChI is InChI=1S/C23H28N4O3/c24-21-18(22(28)25-15-16-5-2-1-3-6-16)8-9-19(26-21)17-10-12-27(13-11-17)23(29)20-7-4-14-30-20/h1-3,5-6,8-9,17,20H,4,7,10-15H2,(H2,24,26)(H,25,28). The lowest BCUT2D eigenvalue weighted by atomic mass is 9.92. The molecule has 2 aliphatic rings. The molecule has 1 aromatic carbocycles. The summed E-state index contributed by atoms with van der Waals surface area (Å²) in [7, 11) is 0. The molecule has 30 heavy (non-hydrogen) atoms. The smallest absolute Gasteiger partial charge is 0.255 e. The molecule has 7 heteroatoms. The lowest BCUT2D eigenvalue weighted by Gasteiger charge is -2.33. The molecule has 0 spiro atoms. The zero-order chi connectivity index (χ0) is 20.9. The molecule has 2 aliphatic heterocycles. The second kappa shape index (κ2) is 9.26. The zero-order valence-electron chi connectivity index (χ0n) is 17.0. The van der Waals surface area contributed by atoms with Crippen LogP contribution in [-0.4, -0.2) is 47.5 Å². The third kappa shape index (κ3) is 4.62. The minimum absolute atomic E-state index is 0.115. The Bertz CT molecular complexity index is 889. The lowest BCUT2D eigenvalue weighted by Crippen LogP contribution is -2.43. The topological polar surface area (TPSA) is 97.6 Å². The predicted molar refractivity (Wildman–Crippen MR) is 114 cm³/mol. The number of amides is 2. The minimum Gasteiger partial charge on any atom is -0.383 e. The van der Waals surface area contributed by atoms with E-state index in [2.05, 4.69) is 10.3 Å². The normalized spacial score (nSPS) is 19.6. The number of aromatic nitrogens is 1. The molecule has 0 aliphatic carbocycles. The van der Waals surface area contributed by atoms with Crippen LogP contribution in [0.5, 0.6) is 0 Å². The number of likely N-dealkylation sites (tertiary alicyclic amines) is 1. The molecular formula is C23H28N4O3. The van der Waals surface area contributed by atoms with E-state index in [1.165, 1.54) is 0 Å². The molecule has 2 saturated heterocycles. The van der Waals surface area contributed by atoms with Gasteiger partial charge in [0.15, 0.2) is 0 Å². The summed E-state index contributed by atoms with van der Waals surface area (Å²) in [5, 5.41) is 2.89. The molecule has 2 aromatic rings. The molecule has 0 saturated carbocycles. The SMILES string of the molecule is Nc1nc(C2CCN(C(=O)C3CCCO3)CC2)ccc1C(=O)NCc1ccccc1. The van der Waals surface area contributed by atoms with Crippen LogP contribution in [0.4, 0.5) is 5.82 Å². The number of pyridine rings is 1. The van der Waals surface area contributed by atoms with Crippen LogP contribution in [0.25, 0.3) is 0 Å². The van der Waals surface area contributed by atoms with Crippen LogP contribution in [0, 0.1) is 0 Å². The third-order valence-corrected chi connectivity index (χ3v) is 5.92. The Kier molecular flexibility index (Phi) is 6.28. The number of hydrogen-bond acceptors (Lipinski definition) is 5. The Morgan fingerprint density at radius 3 is 2.53 bits per heavy atom. The van der Waals surface area contributed by atoms with Crippen molar-refractivity contribution >= 4 is 17.6 Å². The van der Waals surface area contributed by atoms with Gasteiger partial charge in [0.25, 0.3) is 11.8 Å². The van der Waals surface area contributed by atoms with E-state index in [4.69, 9.17) is 10.5 Å². The van der Waals surface area contributed by atoms with E-state index in [1.807, 2.05) is 41.3 Å². The van der Waals surface area contributed by atoms with Crippen LogP contribution in [-0.2, 0) is 16.1 Å². The fourth-order valence-corrected chi connectivity index (χ4v) is 4.16. The molecular weight excluding hydrogens is 380 g/mol. The Morgan fingerprint density at radius 2 is 1.87 bits per heavy atom. The van der Waals surface area contributed by atoms with Gasteiger partial charge in [0.05, 0.1) is 5.56 Å². The summed E-state index contributed by atoms with van der Waals surface area (Å²) in [5.74, 6) is 0.370. The number of hydrogen-bond donors (Lipinski definition) is 2. The number of benzene rings is 1. The first-order valence-corrected chi connectivity index (χ1v) is 10.6. The predicted octanol–water partition coefficient (Wildman–Crippen LogP) is 2.48. The van der Waals surface area contributed by atoms with Gasteiger partial charge in [-0.2, -0.15) is 0 Å². The first kappa shape index (κ1) is 20.3. The van der Waals surface area contributed by atoms with Crippen molar-refractivity contribution < 1.29 is 14.3 Å². The first-order valence-electron chi connectivity index (χ1n) is 10.6. The monoisotopic (exact) mass is 408 g/mol. The highest BCUT2D eigenvalue weighted by atomic mass is 16.5. The molecule has 0 bridgehead atoms. The third-order valence-electron chi connectivity index (χ3n) is 5.92. The van der Waals surface area contributed by atoms with Crippen molar-refractivity contribution in [3.63, 3.8) is 0 Å². The van der Waals surface area contributed by atoms with Gasteiger partial charge in [-0.1, -0.05) is 30.3 Å². The van der Waals surface area contributed by atoms with Gasteiger partial charge in [-0.15, -0.1) is 0 Å². The molecule has 1 aromatic heterocycles. The van der Waals surface area contributed by atoms with Crippen LogP contribution >= 0.6 is 0 Å². The largest absolute Gasteiger partial charge is 0.383 e. The average molecular weight is 409 g/mol. The van der Waals surface area contributed by atoms with Crippen molar-refractivity contribution in [1.82, 2.24) is 15.2 Å². The number of nitrogen functional groups attached to an aromatic ring is 1. The van der Waals surface area contributed by atoms with Crippen molar-refractivity contribution in [1.29, 1.82) is 0 Å². The molecule has 3 heterocycles. The second-order valence-electron chi connectivity index (χ2n) is 7.94. The van der Waals surface area contributed by atoms with Gasteiger partial charge < -0.3 is 20.7 Å². The highest BCUT2D eigenvalue weighted by Gasteiger charge is 2.31. The molecule has 158 valence electrons. The number of nitrogens with one attached hydrogen (secondary N) is 1. The summed E-state index contributed by atoms with van der Waals surface area (Å²) in [6.07, 6.45) is 3.20. The summed E-state index contributed by atoms with van der Waals surface area (Å²) in [6.45, 7) is 2.52. The molecule has 1 unspecified atom stereocenters. The quantitative estimate of drug-likeness (QED) is 0.792. The second-order valence-corrected chi connectivity index (χ2v) is 7.94. The number of carbonyl (C=O) groups excluding carboxylic acids is 2. The molecule has 3 N–H and O–H groups in total. The number of rotatable bonds is 5. The maximum atomic E-state index is 12.5. The number of nitrogens with two attached hydrogens (primary N) is 1. The summed E-state index contributed by atoms with van der Waals surface area (Å²) < 4.78 is 5.52. The van der Waals surface area contributed by atoms with E-state index in [0.717, 1.165) is 36.9 Å². The van der Waals surface area contributed by atoms with Crippen LogP contribution in [0.1, 0.15) is 53.2 Å². The maximum Gasteiger partial charge on any atom is 0.255 e. The summed E-state index contributed by atoms with van der Waals surface area (Å²) in [6, 6.07) is 13.4. The lowest BCUT2D eigenvalue weighted by molar-refractivity contribution is -0.142. The van der Waals surface area contributed by atoms with Crippen LogP contribution in [0.2, 0.25) is 0 Å². The first-order chi connectivity index (χ1) is 14.6. The van der Waals surface area contributed by atoms with Gasteiger partial charge in [0.1, 0.15) is 11.9 Å². The Labute approximate surface area is 176 Å². The molecule has 7 nitrogen and oxygen atoms in total. The van der Waals surface area contributed by atoms with E-state index >= 15 is 0 Å². The number of ether oxygens (including phenoxy) is 1. The fraction of sp³-hybridized carbons (Fsp3) is 0.435. The molecule has 2 amide bonds. The highest BCUT2D eigenvalue weighted by molar-refractivity contribution is 5.98. The van der Waals surface area contributed by atoms with Gasteiger partial charge in [-0.3, -0.25) is 9.59 Å². The van der Waals surface area contributed by atoms with E-state index < -0.39 is 0 Å². The average Bonchev–Trinajstić information content (AvgIpc) is 3.33. The fourth-order valence-electron chi connectivity index (χ4n) is 4.16. The number of piperidine rings is 1. The Balaban J connectivity index is 1.33.